The predicted molar refractivity (Wildman–Crippen MR) is 64.5 cm³/mol. The molecule has 1 aromatic carbocycles. The smallest absolute Gasteiger partial charge is 0.252 e. The van der Waals surface area contributed by atoms with Gasteiger partial charge in [-0.1, -0.05) is 0 Å². The number of nitrogens with two attached hydrogens (primary N) is 1. The van der Waals surface area contributed by atoms with Crippen molar-refractivity contribution in [2.45, 2.75) is 12.5 Å². The number of nitrogens with zero attached hydrogens (tertiary/aromatic N) is 1. The Labute approximate surface area is 104 Å². The second-order valence-corrected chi connectivity index (χ2v) is 4.14. The molecule has 0 bridgehead atoms. The van der Waals surface area contributed by atoms with Gasteiger partial charge in [0.2, 0.25) is 5.91 Å². The van der Waals surface area contributed by atoms with E-state index in [1.165, 1.54) is 7.05 Å². The van der Waals surface area contributed by atoms with Crippen molar-refractivity contribution in [1.29, 1.82) is 0 Å². The molecule has 3 N–H and O–H groups in total. The summed E-state index contributed by atoms with van der Waals surface area (Å²) < 4.78 is 0. The molecule has 1 saturated heterocycles. The van der Waals surface area contributed by atoms with Gasteiger partial charge in [0, 0.05) is 18.3 Å². The van der Waals surface area contributed by atoms with Gasteiger partial charge in [0.1, 0.15) is 6.04 Å². The number of nitrogen functional groups attached to an aromatic ring is 1. The fourth-order valence-electron chi connectivity index (χ4n) is 1.74. The highest BCUT2D eigenvalue weighted by Gasteiger charge is 2.36. The number of likely N-dealkylation sites (N-methyl/N-ethyl adjacent to an activating group) is 1. The molecular formula is C12H13N3O3. The van der Waals surface area contributed by atoms with Crippen LogP contribution in [0.5, 0.6) is 0 Å². The molecule has 6 nitrogen and oxygen atoms in total. The minimum Gasteiger partial charge on any atom is -0.399 e. The molecule has 0 spiro atoms. The molecule has 1 unspecified atom stereocenters. The zero-order valence-corrected chi connectivity index (χ0v) is 9.84. The summed E-state index contributed by atoms with van der Waals surface area (Å²) in [6.45, 7) is 0. The first kappa shape index (κ1) is 12.1. The Kier molecular flexibility index (Phi) is 3.01. The molecule has 1 aliphatic rings. The predicted octanol–water partition coefficient (Wildman–Crippen LogP) is -0.244. The van der Waals surface area contributed by atoms with E-state index in [1.54, 1.807) is 24.3 Å². The van der Waals surface area contributed by atoms with Crippen molar-refractivity contribution >= 4 is 23.4 Å². The lowest BCUT2D eigenvalue weighted by molar-refractivity contribution is -0.137. The van der Waals surface area contributed by atoms with Crippen molar-refractivity contribution in [1.82, 2.24) is 10.2 Å². The molecule has 6 heteroatoms. The number of nitrogens with one attached hydrogen (secondary N) is 1. The van der Waals surface area contributed by atoms with Crippen LogP contribution < -0.4 is 11.1 Å². The Morgan fingerprint density at radius 3 is 2.44 bits per heavy atom. The van der Waals surface area contributed by atoms with Crippen LogP contribution >= 0.6 is 0 Å². The number of hydrogen-bond donors (Lipinski definition) is 2. The normalized spacial score (nSPS) is 19.2. The number of amides is 3. The second-order valence-electron chi connectivity index (χ2n) is 4.14. The summed E-state index contributed by atoms with van der Waals surface area (Å²) in [6.07, 6.45) is 0.00997. The van der Waals surface area contributed by atoms with Crippen LogP contribution in [-0.4, -0.2) is 35.7 Å². The summed E-state index contributed by atoms with van der Waals surface area (Å²) in [4.78, 5) is 35.8. The summed E-state index contributed by atoms with van der Waals surface area (Å²) >= 11 is 0. The molecule has 0 aliphatic carbocycles. The van der Waals surface area contributed by atoms with Gasteiger partial charge in [-0.25, -0.2) is 0 Å². The van der Waals surface area contributed by atoms with Gasteiger partial charge >= 0.3 is 0 Å². The molecule has 1 aliphatic heterocycles. The average Bonchev–Trinajstić information content (AvgIpc) is 2.58. The SMILES string of the molecule is CN1C(=O)CC(NC(=O)c2ccc(N)cc2)C1=O. The summed E-state index contributed by atoms with van der Waals surface area (Å²) in [6, 6.07) is 5.56. The van der Waals surface area contributed by atoms with Gasteiger partial charge in [0.05, 0.1) is 6.42 Å². The molecule has 94 valence electrons. The van der Waals surface area contributed by atoms with Crippen molar-refractivity contribution in [3.63, 3.8) is 0 Å². The Balaban J connectivity index is 2.06. The third-order valence-electron chi connectivity index (χ3n) is 2.86. The largest absolute Gasteiger partial charge is 0.399 e. The molecule has 0 radical (unpaired) electrons. The standard InChI is InChI=1S/C12H13N3O3/c1-15-10(16)6-9(12(15)18)14-11(17)7-2-4-8(13)5-3-7/h2-5,9H,6,13H2,1H3,(H,14,17). The molecule has 2 rings (SSSR count). The van der Waals surface area contributed by atoms with Gasteiger partial charge in [0.25, 0.3) is 11.8 Å². The van der Waals surface area contributed by atoms with E-state index in [1.807, 2.05) is 0 Å². The first-order chi connectivity index (χ1) is 8.49. The minimum absolute atomic E-state index is 0.00997. The van der Waals surface area contributed by atoms with Crippen LogP contribution in [0.1, 0.15) is 16.8 Å². The van der Waals surface area contributed by atoms with E-state index >= 15 is 0 Å². The number of anilines is 1. The first-order valence-electron chi connectivity index (χ1n) is 5.46. The van der Waals surface area contributed by atoms with Crippen molar-refractivity contribution in [3.05, 3.63) is 29.8 Å². The Morgan fingerprint density at radius 2 is 1.94 bits per heavy atom. The van der Waals surface area contributed by atoms with E-state index in [0.717, 1.165) is 4.90 Å². The van der Waals surface area contributed by atoms with Crippen LogP contribution in [0.15, 0.2) is 24.3 Å². The van der Waals surface area contributed by atoms with Gasteiger partial charge in [-0.3, -0.25) is 19.3 Å². The van der Waals surface area contributed by atoms with Crippen LogP contribution in [0.4, 0.5) is 5.69 Å². The van der Waals surface area contributed by atoms with Gasteiger partial charge < -0.3 is 11.1 Å². The molecule has 1 heterocycles. The highest BCUT2D eigenvalue weighted by molar-refractivity contribution is 6.08. The maximum Gasteiger partial charge on any atom is 0.252 e. The quantitative estimate of drug-likeness (QED) is 0.557. The number of benzene rings is 1. The van der Waals surface area contributed by atoms with E-state index in [2.05, 4.69) is 5.32 Å². The molecule has 0 aromatic heterocycles. The minimum atomic E-state index is -0.771. The third kappa shape index (κ3) is 2.17. The Morgan fingerprint density at radius 1 is 1.33 bits per heavy atom. The average molecular weight is 247 g/mol. The van der Waals surface area contributed by atoms with Crippen LogP contribution in [0, 0.1) is 0 Å². The number of rotatable bonds is 2. The van der Waals surface area contributed by atoms with Crippen LogP contribution in [0.25, 0.3) is 0 Å². The number of carbonyl (C=O) groups excluding carboxylic acids is 3. The topological polar surface area (TPSA) is 92.5 Å². The van der Waals surface area contributed by atoms with Gasteiger partial charge in [-0.05, 0) is 24.3 Å². The van der Waals surface area contributed by atoms with E-state index in [-0.39, 0.29) is 18.2 Å². The first-order valence-corrected chi connectivity index (χ1v) is 5.46. The molecule has 1 aromatic rings. The van der Waals surface area contributed by atoms with Gasteiger partial charge in [-0.15, -0.1) is 0 Å². The number of hydrogen-bond acceptors (Lipinski definition) is 4. The summed E-state index contributed by atoms with van der Waals surface area (Å²) in [5.74, 6) is -1.07. The third-order valence-corrected chi connectivity index (χ3v) is 2.86. The lowest BCUT2D eigenvalue weighted by Crippen LogP contribution is -2.40. The second kappa shape index (κ2) is 4.48. The zero-order valence-electron chi connectivity index (χ0n) is 9.84. The highest BCUT2D eigenvalue weighted by Crippen LogP contribution is 2.12. The molecule has 1 atom stereocenters. The summed E-state index contributed by atoms with van der Waals surface area (Å²) in [5, 5.41) is 2.53. The highest BCUT2D eigenvalue weighted by atomic mass is 16.2. The molecular weight excluding hydrogens is 234 g/mol. The Hall–Kier alpha value is -2.37. The number of imide groups is 1. The van der Waals surface area contributed by atoms with Gasteiger partial charge in [-0.2, -0.15) is 0 Å². The number of carbonyl (C=O) groups is 3. The van der Waals surface area contributed by atoms with Crippen LogP contribution in [0.2, 0.25) is 0 Å². The molecule has 0 saturated carbocycles. The van der Waals surface area contributed by atoms with E-state index in [4.69, 9.17) is 5.73 Å². The van der Waals surface area contributed by atoms with E-state index in [0.29, 0.717) is 11.3 Å². The lowest BCUT2D eigenvalue weighted by atomic mass is 10.1. The maximum absolute atomic E-state index is 11.8. The fourth-order valence-corrected chi connectivity index (χ4v) is 1.74. The van der Waals surface area contributed by atoms with E-state index < -0.39 is 11.9 Å². The summed E-state index contributed by atoms with van der Waals surface area (Å²) in [7, 11) is 1.40. The van der Waals surface area contributed by atoms with Crippen LogP contribution in [0.3, 0.4) is 0 Å². The molecule has 1 fully saturated rings. The Bertz CT molecular complexity index is 510. The van der Waals surface area contributed by atoms with Crippen molar-refractivity contribution < 1.29 is 14.4 Å². The van der Waals surface area contributed by atoms with Crippen LogP contribution in [-0.2, 0) is 9.59 Å². The van der Waals surface area contributed by atoms with E-state index in [9.17, 15) is 14.4 Å². The maximum atomic E-state index is 11.8. The van der Waals surface area contributed by atoms with Crippen molar-refractivity contribution in [2.24, 2.45) is 0 Å². The molecule has 3 amide bonds. The fraction of sp³-hybridized carbons (Fsp3) is 0.250. The zero-order chi connectivity index (χ0) is 13.3. The van der Waals surface area contributed by atoms with Crippen molar-refractivity contribution in [2.75, 3.05) is 12.8 Å². The van der Waals surface area contributed by atoms with Crippen molar-refractivity contribution in [3.8, 4) is 0 Å². The number of likely N-dealkylation sites (tertiary alicyclic amines) is 1. The lowest BCUT2D eigenvalue weighted by Gasteiger charge is -2.11. The molecule has 18 heavy (non-hydrogen) atoms. The summed E-state index contributed by atoms with van der Waals surface area (Å²) in [5.41, 5.74) is 6.47. The monoisotopic (exact) mass is 247 g/mol. The van der Waals surface area contributed by atoms with Gasteiger partial charge in [0.15, 0.2) is 0 Å².